The smallest absolute Gasteiger partial charge is 0.317 e. The number of carboxylic acids is 1. The third-order valence-electron chi connectivity index (χ3n) is 4.91. The highest BCUT2D eigenvalue weighted by molar-refractivity contribution is 6.10. The van der Waals surface area contributed by atoms with Crippen LogP contribution in [-0.2, 0) is 14.4 Å². The minimum atomic E-state index is -0.781. The van der Waals surface area contributed by atoms with Crippen LogP contribution in [0.2, 0.25) is 0 Å². The predicted octanol–water partition coefficient (Wildman–Crippen LogP) is 4.22. The minimum absolute atomic E-state index is 0.00662. The lowest BCUT2D eigenvalue weighted by molar-refractivity contribution is -0.136. The Labute approximate surface area is 217 Å². The Hall–Kier alpha value is -4.11. The van der Waals surface area contributed by atoms with Gasteiger partial charge in [-0.25, -0.2) is 0 Å². The highest BCUT2D eigenvalue weighted by Crippen LogP contribution is 2.27. The van der Waals surface area contributed by atoms with E-state index >= 15 is 0 Å². The quantitative estimate of drug-likeness (QED) is 0.166. The molecule has 9 heteroatoms. The molecule has 2 aromatic carbocycles. The van der Waals surface area contributed by atoms with Crippen LogP contribution in [0.25, 0.3) is 12.2 Å². The van der Waals surface area contributed by atoms with E-state index in [2.05, 4.69) is 12.2 Å². The van der Waals surface area contributed by atoms with E-state index in [-0.39, 0.29) is 36.0 Å². The number of unbranched alkanes of at least 4 members (excludes halogenated alkanes) is 2. The lowest BCUT2D eigenvalue weighted by Gasteiger charge is -2.03. The van der Waals surface area contributed by atoms with Crippen molar-refractivity contribution in [3.8, 4) is 23.0 Å². The van der Waals surface area contributed by atoms with Crippen molar-refractivity contribution in [1.82, 2.24) is 5.32 Å². The van der Waals surface area contributed by atoms with Crippen molar-refractivity contribution in [3.05, 3.63) is 59.7 Å². The highest BCUT2D eigenvalue weighted by atomic mass is 16.5. The maximum Gasteiger partial charge on any atom is 0.317 e. The van der Waals surface area contributed by atoms with Crippen LogP contribution in [0, 0.1) is 0 Å². The van der Waals surface area contributed by atoms with E-state index < -0.39 is 5.97 Å². The fourth-order valence-corrected chi connectivity index (χ4v) is 2.96. The molecule has 0 atom stereocenters. The second-order valence-corrected chi connectivity index (χ2v) is 7.92. The average Bonchev–Trinajstić information content (AvgIpc) is 2.87. The van der Waals surface area contributed by atoms with Gasteiger partial charge in [-0.1, -0.05) is 44.1 Å². The molecule has 0 saturated carbocycles. The maximum absolute atomic E-state index is 11.9. The Morgan fingerprint density at radius 1 is 0.838 bits per heavy atom. The average molecular weight is 514 g/mol. The van der Waals surface area contributed by atoms with Crippen LogP contribution in [0.5, 0.6) is 23.0 Å². The van der Waals surface area contributed by atoms with Crippen molar-refractivity contribution in [2.45, 2.75) is 32.6 Å². The molecular formula is C28H35NO8. The number of ether oxygens (including phenoxy) is 2. The molecule has 9 nitrogen and oxygen atoms in total. The van der Waals surface area contributed by atoms with Crippen molar-refractivity contribution in [3.63, 3.8) is 0 Å². The van der Waals surface area contributed by atoms with Crippen LogP contribution in [0.1, 0.15) is 43.7 Å². The summed E-state index contributed by atoms with van der Waals surface area (Å²) in [6, 6.07) is 9.34. The molecular weight excluding hydrogens is 478 g/mol. The number of aromatic hydroxyl groups is 2. The molecule has 200 valence electrons. The number of hydrogen-bond acceptors (Lipinski definition) is 8. The van der Waals surface area contributed by atoms with Crippen LogP contribution in [0.3, 0.4) is 0 Å². The van der Waals surface area contributed by atoms with Crippen LogP contribution in [-0.4, -0.2) is 60.2 Å². The number of allylic oxidation sites excluding steroid dienone is 2. The molecule has 2 rings (SSSR count). The monoisotopic (exact) mass is 513 g/mol. The van der Waals surface area contributed by atoms with Crippen LogP contribution < -0.4 is 14.8 Å². The predicted molar refractivity (Wildman–Crippen MR) is 142 cm³/mol. The first-order valence-electron chi connectivity index (χ1n) is 11.8. The van der Waals surface area contributed by atoms with E-state index in [1.807, 2.05) is 0 Å². The minimum Gasteiger partial charge on any atom is -0.504 e. The molecule has 0 radical (unpaired) electrons. The van der Waals surface area contributed by atoms with Gasteiger partial charge in [-0.15, -0.1) is 0 Å². The standard InChI is InChI=1S/C21H20O6.C7H15NO2/c1-26-20-11-14(5-9-18(20)24)3-7-16(22)13-17(23)8-4-15-6-10-19(25)21(12-15)27-2;1-2-3-4-5-8-6-7(9)10/h3-12,24-25H,13H2,1-2H3;8H,2-6H2,1H3,(H,9,10)/b7-3+,8-4+;. The van der Waals surface area contributed by atoms with Gasteiger partial charge in [0.25, 0.3) is 0 Å². The first-order chi connectivity index (χ1) is 17.7. The normalized spacial score (nSPS) is 10.7. The summed E-state index contributed by atoms with van der Waals surface area (Å²) in [5, 5.41) is 30.1. The fraction of sp³-hybridized carbons (Fsp3) is 0.321. The van der Waals surface area contributed by atoms with Crippen LogP contribution >= 0.6 is 0 Å². The summed E-state index contributed by atoms with van der Waals surface area (Å²) in [6.07, 6.45) is 8.86. The Kier molecular flexibility index (Phi) is 14.5. The van der Waals surface area contributed by atoms with Gasteiger partial charge in [0.2, 0.25) is 0 Å². The first kappa shape index (κ1) is 30.9. The fourth-order valence-electron chi connectivity index (χ4n) is 2.96. The number of aliphatic carboxylic acids is 1. The van der Waals surface area contributed by atoms with E-state index in [9.17, 15) is 24.6 Å². The zero-order chi connectivity index (χ0) is 27.6. The molecule has 0 aromatic heterocycles. The van der Waals surface area contributed by atoms with Crippen LogP contribution in [0.15, 0.2) is 48.6 Å². The van der Waals surface area contributed by atoms with Gasteiger partial charge < -0.3 is 30.1 Å². The zero-order valence-electron chi connectivity index (χ0n) is 21.4. The topological polar surface area (TPSA) is 142 Å². The summed E-state index contributed by atoms with van der Waals surface area (Å²) in [7, 11) is 2.87. The summed E-state index contributed by atoms with van der Waals surface area (Å²) >= 11 is 0. The summed E-state index contributed by atoms with van der Waals surface area (Å²) in [5.74, 6) is -0.864. The molecule has 0 aliphatic heterocycles. The lowest BCUT2D eigenvalue weighted by Crippen LogP contribution is -2.23. The number of phenols is 2. The largest absolute Gasteiger partial charge is 0.504 e. The van der Waals surface area contributed by atoms with Gasteiger partial charge in [-0.05, 0) is 60.5 Å². The SMILES string of the molecule is CCCCCNCC(=O)O.COc1cc(/C=C/C(=O)CC(=O)/C=C/c2ccc(O)c(OC)c2)ccc1O. The summed E-state index contributed by atoms with van der Waals surface area (Å²) in [5.41, 5.74) is 1.33. The third-order valence-corrected chi connectivity index (χ3v) is 4.91. The van der Waals surface area contributed by atoms with Gasteiger partial charge in [0.15, 0.2) is 34.6 Å². The number of carbonyl (C=O) groups excluding carboxylic acids is 2. The van der Waals surface area contributed by atoms with E-state index in [0.29, 0.717) is 22.6 Å². The van der Waals surface area contributed by atoms with Crippen molar-refractivity contribution in [1.29, 1.82) is 0 Å². The third kappa shape index (κ3) is 13.0. The number of rotatable bonds is 14. The molecule has 0 spiro atoms. The number of phenolic OH excluding ortho intramolecular Hbond substituents is 2. The van der Waals surface area contributed by atoms with Gasteiger partial charge in [0.05, 0.1) is 27.2 Å². The van der Waals surface area contributed by atoms with E-state index in [1.54, 1.807) is 36.4 Å². The number of carboxylic acid groups (broad SMARTS) is 1. The van der Waals surface area contributed by atoms with Gasteiger partial charge in [0, 0.05) is 0 Å². The molecule has 0 heterocycles. The molecule has 0 aliphatic rings. The van der Waals surface area contributed by atoms with Gasteiger partial charge in [-0.3, -0.25) is 14.4 Å². The number of nitrogens with one attached hydrogen (secondary N) is 1. The van der Waals surface area contributed by atoms with E-state index in [1.165, 1.54) is 51.3 Å². The molecule has 0 unspecified atom stereocenters. The molecule has 37 heavy (non-hydrogen) atoms. The Morgan fingerprint density at radius 3 is 1.73 bits per heavy atom. The molecule has 0 amide bonds. The van der Waals surface area contributed by atoms with E-state index in [4.69, 9.17) is 14.6 Å². The highest BCUT2D eigenvalue weighted by Gasteiger charge is 2.06. The van der Waals surface area contributed by atoms with Gasteiger partial charge >= 0.3 is 5.97 Å². The maximum atomic E-state index is 11.9. The molecule has 0 saturated heterocycles. The molecule has 0 bridgehead atoms. The zero-order valence-corrected chi connectivity index (χ0v) is 21.4. The number of hydrogen-bond donors (Lipinski definition) is 4. The number of carbonyl (C=O) groups is 3. The van der Waals surface area contributed by atoms with E-state index in [0.717, 1.165) is 13.0 Å². The Morgan fingerprint density at radius 2 is 1.32 bits per heavy atom. The number of methoxy groups -OCH3 is 2. The lowest BCUT2D eigenvalue weighted by atomic mass is 10.1. The second kappa shape index (κ2) is 17.3. The number of ketones is 2. The molecule has 4 N–H and O–H groups in total. The van der Waals surface area contributed by atoms with Crippen molar-refractivity contribution in [2.75, 3.05) is 27.3 Å². The number of benzene rings is 2. The first-order valence-corrected chi connectivity index (χ1v) is 11.8. The van der Waals surface area contributed by atoms with Gasteiger partial charge in [0.1, 0.15) is 0 Å². The van der Waals surface area contributed by atoms with Crippen molar-refractivity contribution < 1.29 is 39.2 Å². The van der Waals surface area contributed by atoms with Crippen LogP contribution in [0.4, 0.5) is 0 Å². The molecule has 0 fully saturated rings. The van der Waals surface area contributed by atoms with Crippen molar-refractivity contribution >= 4 is 29.7 Å². The molecule has 2 aromatic rings. The van der Waals surface area contributed by atoms with Crippen molar-refractivity contribution in [2.24, 2.45) is 0 Å². The van der Waals surface area contributed by atoms with Gasteiger partial charge in [-0.2, -0.15) is 0 Å². The Balaban J connectivity index is 0.000000580. The summed E-state index contributed by atoms with van der Waals surface area (Å²) in [4.78, 5) is 33.8. The summed E-state index contributed by atoms with van der Waals surface area (Å²) in [6.45, 7) is 3.03. The second-order valence-electron chi connectivity index (χ2n) is 7.92. The summed E-state index contributed by atoms with van der Waals surface area (Å²) < 4.78 is 10.00. The Bertz CT molecular complexity index is 1020. The molecule has 0 aliphatic carbocycles.